The molecule has 1 aromatic rings. The molecule has 7 nitrogen and oxygen atoms in total. The number of hydrogen-bond donors (Lipinski definition) is 4. The molecule has 1 atom stereocenters. The molecule has 6 N–H and O–H groups in total. The third-order valence-electron chi connectivity index (χ3n) is 2.46. The van der Waals surface area contributed by atoms with Crippen LogP contribution in [0.3, 0.4) is 0 Å². The number of nitrogens with two attached hydrogens (primary N) is 2. The van der Waals surface area contributed by atoms with Crippen molar-refractivity contribution in [2.45, 2.75) is 23.8 Å². The number of carbonyl (C=O) groups is 1. The van der Waals surface area contributed by atoms with Gasteiger partial charge in [-0.3, -0.25) is 9.35 Å². The van der Waals surface area contributed by atoms with E-state index < -0.39 is 22.1 Å². The Morgan fingerprint density at radius 1 is 1.45 bits per heavy atom. The first-order valence-corrected chi connectivity index (χ1v) is 7.47. The Kier molecular flexibility index (Phi) is 5.57. The molecule has 0 bridgehead atoms. The third kappa shape index (κ3) is 5.21. The second-order valence-electron chi connectivity index (χ2n) is 4.10. The van der Waals surface area contributed by atoms with Gasteiger partial charge in [0.25, 0.3) is 10.1 Å². The van der Waals surface area contributed by atoms with E-state index >= 15 is 0 Å². The molecule has 0 heterocycles. The summed E-state index contributed by atoms with van der Waals surface area (Å²) in [5.74, 6) is -0.610. The summed E-state index contributed by atoms with van der Waals surface area (Å²) in [7, 11) is -4.26. The maximum absolute atomic E-state index is 11.0. The van der Waals surface area contributed by atoms with Gasteiger partial charge in [0.05, 0.1) is 15.9 Å². The number of rotatable bonds is 6. The maximum atomic E-state index is 11.0. The van der Waals surface area contributed by atoms with Crippen LogP contribution in [0.4, 0.5) is 5.69 Å². The Bertz CT molecular complexity index is 616. The zero-order chi connectivity index (χ0) is 15.3. The van der Waals surface area contributed by atoms with Crippen LogP contribution in [-0.2, 0) is 14.9 Å². The third-order valence-corrected chi connectivity index (χ3v) is 3.62. The number of hydrogen-bond acceptors (Lipinski definition) is 5. The monoisotopic (exact) mass is 317 g/mol. The van der Waals surface area contributed by atoms with Gasteiger partial charge in [0.15, 0.2) is 0 Å². The molecule has 0 aliphatic carbocycles. The van der Waals surface area contributed by atoms with E-state index in [1.165, 1.54) is 18.2 Å². The highest BCUT2D eigenvalue weighted by Crippen LogP contribution is 2.15. The Labute approximate surface area is 122 Å². The van der Waals surface area contributed by atoms with E-state index in [2.05, 4.69) is 5.32 Å². The van der Waals surface area contributed by atoms with E-state index in [4.69, 9.17) is 28.2 Å². The topological polar surface area (TPSA) is 136 Å². The fourth-order valence-corrected chi connectivity index (χ4v) is 2.15. The van der Waals surface area contributed by atoms with Crippen LogP contribution in [0, 0.1) is 0 Å². The van der Waals surface area contributed by atoms with Crippen LogP contribution < -0.4 is 16.8 Å². The molecule has 0 radical (unpaired) electrons. The van der Waals surface area contributed by atoms with Crippen molar-refractivity contribution < 1.29 is 17.8 Å². The van der Waals surface area contributed by atoms with Crippen molar-refractivity contribution in [3.8, 4) is 0 Å². The standard InChI is InChI=1S/C11H15N3O4S2/c12-9(11(13)15)4-5-10(19)14-7-2-1-3-8(6-7)20(16,17)18/h1-3,6,9H,4-5,12H2,(H2,13,15)(H,14,19)(H,16,17,18)/t9-/m0/s1. The lowest BCUT2D eigenvalue weighted by Crippen LogP contribution is -2.36. The van der Waals surface area contributed by atoms with Gasteiger partial charge >= 0.3 is 0 Å². The summed E-state index contributed by atoms with van der Waals surface area (Å²) in [6, 6.07) is 4.78. The number of anilines is 1. The van der Waals surface area contributed by atoms with Gasteiger partial charge < -0.3 is 16.8 Å². The minimum absolute atomic E-state index is 0.237. The predicted molar refractivity (Wildman–Crippen MR) is 78.9 cm³/mol. The summed E-state index contributed by atoms with van der Waals surface area (Å²) in [5.41, 5.74) is 10.9. The summed E-state index contributed by atoms with van der Waals surface area (Å²) < 4.78 is 30.9. The highest BCUT2D eigenvalue weighted by Gasteiger charge is 2.12. The van der Waals surface area contributed by atoms with E-state index in [-0.39, 0.29) is 4.90 Å². The highest BCUT2D eigenvalue weighted by atomic mass is 32.2. The van der Waals surface area contributed by atoms with Gasteiger partial charge in [-0.05, 0) is 24.6 Å². The fraction of sp³-hybridized carbons (Fsp3) is 0.273. The van der Waals surface area contributed by atoms with Crippen molar-refractivity contribution in [1.29, 1.82) is 0 Å². The molecule has 9 heteroatoms. The highest BCUT2D eigenvalue weighted by molar-refractivity contribution is 7.85. The van der Waals surface area contributed by atoms with Gasteiger partial charge in [0, 0.05) is 12.1 Å². The average molecular weight is 317 g/mol. The lowest BCUT2D eigenvalue weighted by Gasteiger charge is -2.10. The molecule has 0 aromatic heterocycles. The maximum Gasteiger partial charge on any atom is 0.294 e. The molecule has 20 heavy (non-hydrogen) atoms. The second kappa shape index (κ2) is 6.75. The Morgan fingerprint density at radius 3 is 2.65 bits per heavy atom. The average Bonchev–Trinajstić information content (AvgIpc) is 2.35. The van der Waals surface area contributed by atoms with Gasteiger partial charge in [0.1, 0.15) is 0 Å². The molecule has 0 spiro atoms. The first-order chi connectivity index (χ1) is 9.20. The van der Waals surface area contributed by atoms with Crippen LogP contribution in [0.1, 0.15) is 12.8 Å². The summed E-state index contributed by atoms with van der Waals surface area (Å²) in [4.78, 5) is 10.9. The van der Waals surface area contributed by atoms with Crippen LogP contribution in [0.25, 0.3) is 0 Å². The molecule has 0 unspecified atom stereocenters. The van der Waals surface area contributed by atoms with Crippen molar-refractivity contribution in [2.24, 2.45) is 11.5 Å². The summed E-state index contributed by atoms with van der Waals surface area (Å²) in [5, 5.41) is 2.80. The zero-order valence-corrected chi connectivity index (χ0v) is 12.1. The van der Waals surface area contributed by atoms with Crippen LogP contribution in [0.2, 0.25) is 0 Å². The molecule has 0 saturated carbocycles. The van der Waals surface area contributed by atoms with Crippen molar-refractivity contribution in [1.82, 2.24) is 0 Å². The molecule has 1 aromatic carbocycles. The fourth-order valence-electron chi connectivity index (χ4n) is 1.39. The lowest BCUT2D eigenvalue weighted by atomic mass is 10.1. The van der Waals surface area contributed by atoms with Gasteiger partial charge in [-0.1, -0.05) is 18.3 Å². The first kappa shape index (κ1) is 16.5. The Morgan fingerprint density at radius 2 is 2.10 bits per heavy atom. The molecule has 0 aliphatic heterocycles. The summed E-state index contributed by atoms with van der Waals surface area (Å²) in [6.45, 7) is 0. The van der Waals surface area contributed by atoms with Crippen LogP contribution in [0.15, 0.2) is 29.2 Å². The van der Waals surface area contributed by atoms with Gasteiger partial charge in [-0.25, -0.2) is 0 Å². The lowest BCUT2D eigenvalue weighted by molar-refractivity contribution is -0.119. The smallest absolute Gasteiger partial charge is 0.294 e. The van der Waals surface area contributed by atoms with Crippen molar-refractivity contribution in [3.05, 3.63) is 24.3 Å². The second-order valence-corrected chi connectivity index (χ2v) is 6.01. The summed E-state index contributed by atoms with van der Waals surface area (Å²) >= 11 is 5.05. The molecule has 0 fully saturated rings. The Hall–Kier alpha value is -1.55. The van der Waals surface area contributed by atoms with Gasteiger partial charge in [-0.15, -0.1) is 0 Å². The van der Waals surface area contributed by atoms with Crippen molar-refractivity contribution in [2.75, 3.05) is 5.32 Å². The molecule has 0 saturated heterocycles. The summed E-state index contributed by atoms with van der Waals surface area (Å²) in [6.07, 6.45) is 0.620. The number of nitrogens with one attached hydrogen (secondary N) is 1. The largest absolute Gasteiger partial charge is 0.368 e. The quantitative estimate of drug-likeness (QED) is 0.436. The van der Waals surface area contributed by atoms with E-state index in [1.807, 2.05) is 0 Å². The normalized spacial score (nSPS) is 12.7. The number of amides is 1. The van der Waals surface area contributed by atoms with Gasteiger partial charge in [0.2, 0.25) is 5.91 Å². The van der Waals surface area contributed by atoms with Crippen LogP contribution in [0.5, 0.6) is 0 Å². The zero-order valence-electron chi connectivity index (χ0n) is 10.4. The minimum atomic E-state index is -4.26. The number of benzene rings is 1. The van der Waals surface area contributed by atoms with Crippen LogP contribution >= 0.6 is 12.2 Å². The minimum Gasteiger partial charge on any atom is -0.368 e. The molecule has 1 amide bonds. The SMILES string of the molecule is NC(=O)[C@@H](N)CCC(=S)Nc1cccc(S(=O)(=O)O)c1. The number of primary amides is 1. The van der Waals surface area contributed by atoms with E-state index in [1.54, 1.807) is 6.07 Å². The Balaban J connectivity index is 2.65. The van der Waals surface area contributed by atoms with Crippen molar-refractivity contribution >= 4 is 38.9 Å². The molecule has 110 valence electrons. The van der Waals surface area contributed by atoms with E-state index in [9.17, 15) is 13.2 Å². The number of carbonyl (C=O) groups excluding carboxylic acids is 1. The van der Waals surface area contributed by atoms with Crippen molar-refractivity contribution in [3.63, 3.8) is 0 Å². The van der Waals surface area contributed by atoms with Gasteiger partial charge in [-0.2, -0.15) is 8.42 Å². The molecular formula is C11H15N3O4S2. The molecule has 0 aliphatic rings. The molecule has 1 rings (SSSR count). The molecular weight excluding hydrogens is 302 g/mol. The van der Waals surface area contributed by atoms with E-state index in [0.29, 0.717) is 23.5 Å². The van der Waals surface area contributed by atoms with E-state index in [0.717, 1.165) is 0 Å². The first-order valence-electron chi connectivity index (χ1n) is 5.62. The number of thiocarbonyl (C=S) groups is 1. The predicted octanol–water partition coefficient (Wildman–Crippen LogP) is 0.265. The van der Waals surface area contributed by atoms with Crippen LogP contribution in [-0.4, -0.2) is 29.9 Å².